The fraction of sp³-hybridized carbons (Fsp3) is 0.286. The summed E-state index contributed by atoms with van der Waals surface area (Å²) in [6.45, 7) is 1.73. The van der Waals surface area contributed by atoms with E-state index in [2.05, 4.69) is 20.6 Å². The van der Waals surface area contributed by atoms with Crippen molar-refractivity contribution in [2.24, 2.45) is 4.99 Å². The summed E-state index contributed by atoms with van der Waals surface area (Å²) < 4.78 is 0.870. The monoisotopic (exact) mass is 317 g/mol. The Morgan fingerprint density at radius 3 is 3.14 bits per heavy atom. The molecule has 0 unspecified atom stereocenters. The van der Waals surface area contributed by atoms with Crippen LogP contribution in [0.15, 0.2) is 23.2 Å². The van der Waals surface area contributed by atoms with Crippen LogP contribution < -0.4 is 10.6 Å². The van der Waals surface area contributed by atoms with Crippen molar-refractivity contribution in [3.05, 3.63) is 23.8 Å². The molecule has 0 radical (unpaired) electrons. The molecule has 1 aromatic carbocycles. The first-order valence-electron chi connectivity index (χ1n) is 6.81. The molecule has 0 spiro atoms. The molecule has 22 heavy (non-hydrogen) atoms. The van der Waals surface area contributed by atoms with E-state index in [0.717, 1.165) is 35.6 Å². The molecule has 1 aromatic heterocycles. The highest BCUT2D eigenvalue weighted by Gasteiger charge is 2.15. The predicted octanol–water partition coefficient (Wildman–Crippen LogP) is 0.938. The van der Waals surface area contributed by atoms with Crippen LogP contribution in [0.3, 0.4) is 0 Å². The van der Waals surface area contributed by atoms with Crippen LogP contribution in [0.4, 0.5) is 5.13 Å². The number of rotatable bonds is 4. The summed E-state index contributed by atoms with van der Waals surface area (Å²) in [6.07, 6.45) is 0.793. The summed E-state index contributed by atoms with van der Waals surface area (Å²) in [7, 11) is 1.81. The molecule has 1 aliphatic rings. The van der Waals surface area contributed by atoms with Crippen LogP contribution in [0, 0.1) is 0 Å². The number of fused-ring (bicyclic) bond motifs is 1. The highest BCUT2D eigenvalue weighted by Crippen LogP contribution is 2.26. The number of thiazole rings is 1. The number of likely N-dealkylation sites (N-methyl/N-ethyl adjacent to an activating group) is 1. The summed E-state index contributed by atoms with van der Waals surface area (Å²) in [5, 5.41) is 6.41. The fourth-order valence-corrected chi connectivity index (χ4v) is 3.09. The second-order valence-corrected chi connectivity index (χ2v) is 5.93. The zero-order valence-corrected chi connectivity index (χ0v) is 12.8. The largest absolute Gasteiger partial charge is 0.354 e. The van der Waals surface area contributed by atoms with Gasteiger partial charge in [-0.05, 0) is 18.2 Å². The molecule has 0 saturated carbocycles. The highest BCUT2D eigenvalue weighted by atomic mass is 32.1. The molecule has 1 amide bonds. The van der Waals surface area contributed by atoms with Crippen molar-refractivity contribution in [2.75, 3.05) is 32.0 Å². The van der Waals surface area contributed by atoms with Crippen LogP contribution in [0.1, 0.15) is 10.4 Å². The fourth-order valence-electron chi connectivity index (χ4n) is 2.16. The number of guanidine groups is 1. The van der Waals surface area contributed by atoms with E-state index < -0.39 is 0 Å². The average molecular weight is 317 g/mol. The molecule has 2 N–H and O–H groups in total. The van der Waals surface area contributed by atoms with Gasteiger partial charge >= 0.3 is 0 Å². The molecule has 0 aliphatic carbocycles. The molecule has 3 rings (SSSR count). The maximum atomic E-state index is 12.1. The summed E-state index contributed by atoms with van der Waals surface area (Å²) in [5.74, 6) is 0.573. The summed E-state index contributed by atoms with van der Waals surface area (Å²) >= 11 is 1.35. The first-order valence-corrected chi connectivity index (χ1v) is 7.62. The Morgan fingerprint density at radius 2 is 2.41 bits per heavy atom. The van der Waals surface area contributed by atoms with Gasteiger partial charge in [-0.1, -0.05) is 11.3 Å². The van der Waals surface area contributed by atoms with E-state index in [1.165, 1.54) is 11.3 Å². The van der Waals surface area contributed by atoms with Crippen LogP contribution in [-0.4, -0.2) is 54.7 Å². The third kappa shape index (κ3) is 3.06. The van der Waals surface area contributed by atoms with E-state index >= 15 is 0 Å². The van der Waals surface area contributed by atoms with Crippen molar-refractivity contribution in [1.82, 2.24) is 15.2 Å². The van der Waals surface area contributed by atoms with Gasteiger partial charge in [-0.3, -0.25) is 14.6 Å². The number of nitrogens with zero attached hydrogens (tertiary/aromatic N) is 3. The van der Waals surface area contributed by atoms with Gasteiger partial charge in [0.25, 0.3) is 0 Å². The lowest BCUT2D eigenvalue weighted by atomic mass is 10.2. The van der Waals surface area contributed by atoms with E-state index in [1.54, 1.807) is 23.1 Å². The Morgan fingerprint density at radius 1 is 1.55 bits per heavy atom. The molecule has 2 aromatic rings. The van der Waals surface area contributed by atoms with Gasteiger partial charge < -0.3 is 15.5 Å². The number of carbonyl (C=O) groups excluding carboxylic acids is 2. The zero-order chi connectivity index (χ0) is 15.5. The number of hydrogen-bond acceptors (Lipinski definition) is 7. The van der Waals surface area contributed by atoms with Gasteiger partial charge in [-0.25, -0.2) is 4.98 Å². The molecule has 0 fully saturated rings. The van der Waals surface area contributed by atoms with Crippen LogP contribution in [-0.2, 0) is 4.79 Å². The predicted molar refractivity (Wildman–Crippen MR) is 86.6 cm³/mol. The van der Waals surface area contributed by atoms with Crippen LogP contribution in [0.5, 0.6) is 0 Å². The Labute approximate surface area is 131 Å². The molecule has 7 nitrogen and oxygen atoms in total. The number of carbonyl (C=O) groups is 2. The average Bonchev–Trinajstić information content (AvgIpc) is 3.15. The molecule has 8 heteroatoms. The second kappa shape index (κ2) is 6.10. The first-order chi connectivity index (χ1) is 10.7. The maximum Gasteiger partial charge on any atom is 0.245 e. The standard InChI is InChI=1S/C14H15N5O2S/c1-19(13-15-4-5-16-13)7-12(21)18-14-17-10-3-2-9(8-20)6-11(10)22-14/h2-3,6,8H,4-5,7H2,1H3,(H,15,16)(H,17,18,21). The first kappa shape index (κ1) is 14.5. The van der Waals surface area contributed by atoms with Gasteiger partial charge in [0.05, 0.1) is 23.3 Å². The molecule has 0 bridgehead atoms. The van der Waals surface area contributed by atoms with Gasteiger partial charge in [0, 0.05) is 19.2 Å². The Hall–Kier alpha value is -2.48. The smallest absolute Gasteiger partial charge is 0.245 e. The lowest BCUT2D eigenvalue weighted by Crippen LogP contribution is -2.40. The molecular weight excluding hydrogens is 302 g/mol. The lowest BCUT2D eigenvalue weighted by molar-refractivity contribution is -0.116. The van der Waals surface area contributed by atoms with E-state index in [-0.39, 0.29) is 12.5 Å². The lowest BCUT2D eigenvalue weighted by Gasteiger charge is -2.17. The van der Waals surface area contributed by atoms with Crippen molar-refractivity contribution >= 4 is 44.8 Å². The van der Waals surface area contributed by atoms with Crippen molar-refractivity contribution < 1.29 is 9.59 Å². The van der Waals surface area contributed by atoms with Crippen LogP contribution in [0.2, 0.25) is 0 Å². The third-order valence-electron chi connectivity index (χ3n) is 3.19. The van der Waals surface area contributed by atoms with Gasteiger partial charge in [0.15, 0.2) is 11.1 Å². The Kier molecular flexibility index (Phi) is 4.01. The minimum atomic E-state index is -0.159. The number of nitrogens with one attached hydrogen (secondary N) is 2. The Balaban J connectivity index is 1.67. The van der Waals surface area contributed by atoms with E-state index in [4.69, 9.17) is 0 Å². The van der Waals surface area contributed by atoms with E-state index in [0.29, 0.717) is 10.7 Å². The van der Waals surface area contributed by atoms with Gasteiger partial charge in [-0.15, -0.1) is 0 Å². The SMILES string of the molecule is CN(CC(=O)Nc1nc2ccc(C=O)cc2s1)C1=NCCN1. The minimum absolute atomic E-state index is 0.159. The molecular formula is C14H15N5O2S. The molecule has 1 aliphatic heterocycles. The topological polar surface area (TPSA) is 86.7 Å². The molecule has 0 saturated heterocycles. The number of aromatic nitrogens is 1. The van der Waals surface area contributed by atoms with Gasteiger partial charge in [0.1, 0.15) is 6.29 Å². The summed E-state index contributed by atoms with van der Waals surface area (Å²) in [5.41, 5.74) is 1.36. The second-order valence-electron chi connectivity index (χ2n) is 4.90. The van der Waals surface area contributed by atoms with E-state index in [1.807, 2.05) is 7.05 Å². The van der Waals surface area contributed by atoms with Gasteiger partial charge in [-0.2, -0.15) is 0 Å². The molecule has 114 valence electrons. The maximum absolute atomic E-state index is 12.1. The third-order valence-corrected chi connectivity index (χ3v) is 4.13. The highest BCUT2D eigenvalue weighted by molar-refractivity contribution is 7.22. The summed E-state index contributed by atoms with van der Waals surface area (Å²) in [4.78, 5) is 33.2. The summed E-state index contributed by atoms with van der Waals surface area (Å²) in [6, 6.07) is 5.24. The number of benzene rings is 1. The van der Waals surface area contributed by atoms with Crippen molar-refractivity contribution in [1.29, 1.82) is 0 Å². The van der Waals surface area contributed by atoms with Gasteiger partial charge in [0.2, 0.25) is 5.91 Å². The number of hydrogen-bond donors (Lipinski definition) is 2. The van der Waals surface area contributed by atoms with Crippen molar-refractivity contribution in [2.45, 2.75) is 0 Å². The number of amides is 1. The van der Waals surface area contributed by atoms with Crippen LogP contribution >= 0.6 is 11.3 Å². The minimum Gasteiger partial charge on any atom is -0.354 e. The molecule has 2 heterocycles. The van der Waals surface area contributed by atoms with Crippen LogP contribution in [0.25, 0.3) is 10.2 Å². The number of aldehydes is 1. The quantitative estimate of drug-likeness (QED) is 0.820. The Bertz CT molecular complexity index is 755. The van der Waals surface area contributed by atoms with E-state index in [9.17, 15) is 9.59 Å². The molecule has 0 atom stereocenters. The number of aliphatic imine (C=N–C) groups is 1. The zero-order valence-electron chi connectivity index (χ0n) is 12.0. The van der Waals surface area contributed by atoms with Crippen molar-refractivity contribution in [3.63, 3.8) is 0 Å². The van der Waals surface area contributed by atoms with Crippen molar-refractivity contribution in [3.8, 4) is 0 Å². The number of anilines is 1. The normalized spacial score (nSPS) is 13.6.